The van der Waals surface area contributed by atoms with Crippen molar-refractivity contribution in [2.45, 2.75) is 13.8 Å². The highest BCUT2D eigenvalue weighted by molar-refractivity contribution is 5.93. The second kappa shape index (κ2) is 7.51. The van der Waals surface area contributed by atoms with Gasteiger partial charge in [0, 0.05) is 24.5 Å². The van der Waals surface area contributed by atoms with Crippen molar-refractivity contribution in [1.29, 1.82) is 5.26 Å². The molecule has 1 aliphatic heterocycles. The van der Waals surface area contributed by atoms with Gasteiger partial charge in [0.15, 0.2) is 0 Å². The number of morpholine rings is 1. The molecule has 6 nitrogen and oxygen atoms in total. The third kappa shape index (κ3) is 3.58. The second-order valence-corrected chi connectivity index (χ2v) is 6.15. The van der Waals surface area contributed by atoms with Crippen LogP contribution in [0.1, 0.15) is 16.8 Å². The molecule has 25 heavy (non-hydrogen) atoms. The zero-order valence-electron chi connectivity index (χ0n) is 14.6. The second-order valence-electron chi connectivity index (χ2n) is 6.15. The van der Waals surface area contributed by atoms with Crippen LogP contribution in [0.25, 0.3) is 5.69 Å². The van der Waals surface area contributed by atoms with Gasteiger partial charge >= 0.3 is 0 Å². The minimum Gasteiger partial charge on any atom is -0.379 e. The molecule has 0 saturated carbocycles. The molecule has 130 valence electrons. The van der Waals surface area contributed by atoms with Crippen LogP contribution in [0.4, 0.5) is 5.82 Å². The van der Waals surface area contributed by atoms with Crippen molar-refractivity contribution >= 4 is 11.7 Å². The topological polar surface area (TPSA) is 70.3 Å². The third-order valence-electron chi connectivity index (χ3n) is 4.57. The van der Waals surface area contributed by atoms with Gasteiger partial charge in [0.1, 0.15) is 11.9 Å². The van der Waals surface area contributed by atoms with E-state index in [9.17, 15) is 10.1 Å². The van der Waals surface area contributed by atoms with Crippen LogP contribution in [-0.2, 0) is 9.53 Å². The van der Waals surface area contributed by atoms with E-state index in [1.165, 1.54) is 0 Å². The number of anilines is 1. The van der Waals surface area contributed by atoms with Gasteiger partial charge in [0.25, 0.3) is 0 Å². The number of amides is 1. The van der Waals surface area contributed by atoms with Crippen LogP contribution in [0.15, 0.2) is 30.3 Å². The number of aromatic nitrogens is 1. The molecule has 0 aliphatic carbocycles. The molecular weight excluding hydrogens is 316 g/mol. The SMILES string of the molecule is Cc1c(C#N)c(NC(=O)CN2CCOCC2)n(-c2ccccc2)c1C. The Bertz CT molecular complexity index is 799. The monoisotopic (exact) mass is 338 g/mol. The fourth-order valence-corrected chi connectivity index (χ4v) is 3.09. The standard InChI is InChI=1S/C19H22N4O2/c1-14-15(2)23(16-6-4-3-5-7-16)19(17(14)12-20)21-18(24)13-22-8-10-25-11-9-22/h3-7H,8-11,13H2,1-2H3,(H,21,24). The van der Waals surface area contributed by atoms with Gasteiger partial charge in [-0.25, -0.2) is 0 Å². The van der Waals surface area contributed by atoms with Crippen LogP contribution in [0.3, 0.4) is 0 Å². The minimum absolute atomic E-state index is 0.118. The molecule has 0 radical (unpaired) electrons. The van der Waals surface area contributed by atoms with Gasteiger partial charge in [0.05, 0.1) is 25.3 Å². The molecule has 1 amide bonds. The maximum atomic E-state index is 12.5. The Morgan fingerprint density at radius 3 is 2.56 bits per heavy atom. The summed E-state index contributed by atoms with van der Waals surface area (Å²) in [6.45, 7) is 6.95. The van der Waals surface area contributed by atoms with Crippen molar-refractivity contribution in [2.24, 2.45) is 0 Å². The fraction of sp³-hybridized carbons (Fsp3) is 0.368. The van der Waals surface area contributed by atoms with E-state index < -0.39 is 0 Å². The number of nitrogens with zero attached hydrogens (tertiary/aromatic N) is 3. The molecule has 1 saturated heterocycles. The highest BCUT2D eigenvalue weighted by Crippen LogP contribution is 2.29. The maximum Gasteiger partial charge on any atom is 0.239 e. The highest BCUT2D eigenvalue weighted by Gasteiger charge is 2.22. The average Bonchev–Trinajstić information content (AvgIpc) is 2.86. The lowest BCUT2D eigenvalue weighted by atomic mass is 10.2. The van der Waals surface area contributed by atoms with Gasteiger partial charge in [-0.05, 0) is 31.5 Å². The molecule has 0 unspecified atom stereocenters. The molecule has 1 fully saturated rings. The number of ether oxygens (including phenoxy) is 1. The summed E-state index contributed by atoms with van der Waals surface area (Å²) >= 11 is 0. The van der Waals surface area contributed by atoms with Gasteiger partial charge in [-0.3, -0.25) is 14.3 Å². The number of carbonyl (C=O) groups excluding carboxylic acids is 1. The number of hydrogen-bond donors (Lipinski definition) is 1. The summed E-state index contributed by atoms with van der Waals surface area (Å²) in [7, 11) is 0. The first-order chi connectivity index (χ1) is 12.1. The number of para-hydroxylation sites is 1. The van der Waals surface area contributed by atoms with E-state index in [4.69, 9.17) is 4.74 Å². The Labute approximate surface area is 147 Å². The van der Waals surface area contributed by atoms with E-state index in [1.54, 1.807) is 0 Å². The largest absolute Gasteiger partial charge is 0.379 e. The molecule has 1 aromatic carbocycles. The minimum atomic E-state index is -0.118. The molecule has 2 heterocycles. The van der Waals surface area contributed by atoms with E-state index in [0.717, 1.165) is 30.0 Å². The average molecular weight is 338 g/mol. The van der Waals surface area contributed by atoms with Crippen LogP contribution in [0.5, 0.6) is 0 Å². The zero-order chi connectivity index (χ0) is 17.8. The van der Waals surface area contributed by atoms with Crippen LogP contribution in [0.2, 0.25) is 0 Å². The first kappa shape index (κ1) is 17.2. The smallest absolute Gasteiger partial charge is 0.239 e. The molecule has 0 bridgehead atoms. The van der Waals surface area contributed by atoms with Crippen molar-refractivity contribution in [3.8, 4) is 11.8 Å². The van der Waals surface area contributed by atoms with E-state index >= 15 is 0 Å². The third-order valence-corrected chi connectivity index (χ3v) is 4.57. The van der Waals surface area contributed by atoms with Gasteiger partial charge in [-0.15, -0.1) is 0 Å². The van der Waals surface area contributed by atoms with Crippen LogP contribution < -0.4 is 5.32 Å². The van der Waals surface area contributed by atoms with Gasteiger partial charge < -0.3 is 10.1 Å². The molecule has 1 aliphatic rings. The Kier molecular flexibility index (Phi) is 5.17. The molecular formula is C19H22N4O2. The van der Waals surface area contributed by atoms with E-state index in [-0.39, 0.29) is 5.91 Å². The lowest BCUT2D eigenvalue weighted by molar-refractivity contribution is -0.118. The lowest BCUT2D eigenvalue weighted by Gasteiger charge is -2.26. The summed E-state index contributed by atoms with van der Waals surface area (Å²) in [4.78, 5) is 14.6. The molecule has 0 atom stereocenters. The van der Waals surface area contributed by atoms with Crippen molar-refractivity contribution in [3.05, 3.63) is 47.2 Å². The number of rotatable bonds is 4. The summed E-state index contributed by atoms with van der Waals surface area (Å²) < 4.78 is 7.25. The first-order valence-electron chi connectivity index (χ1n) is 8.39. The number of nitriles is 1. The van der Waals surface area contributed by atoms with Crippen molar-refractivity contribution in [1.82, 2.24) is 9.47 Å². The summed E-state index contributed by atoms with van der Waals surface area (Å²) in [6, 6.07) is 12.0. The lowest BCUT2D eigenvalue weighted by Crippen LogP contribution is -2.41. The van der Waals surface area contributed by atoms with Gasteiger partial charge in [-0.1, -0.05) is 18.2 Å². The quantitative estimate of drug-likeness (QED) is 0.928. The summed E-state index contributed by atoms with van der Waals surface area (Å²) in [6.07, 6.45) is 0. The predicted octanol–water partition coefficient (Wildman–Crippen LogP) is 2.24. The number of benzene rings is 1. The van der Waals surface area contributed by atoms with Crippen molar-refractivity contribution < 1.29 is 9.53 Å². The predicted molar refractivity (Wildman–Crippen MR) is 95.8 cm³/mol. The van der Waals surface area contributed by atoms with E-state index in [1.807, 2.05) is 48.7 Å². The Balaban J connectivity index is 1.90. The van der Waals surface area contributed by atoms with Gasteiger partial charge in [0.2, 0.25) is 5.91 Å². The fourth-order valence-electron chi connectivity index (χ4n) is 3.09. The molecule has 1 aromatic heterocycles. The molecule has 0 spiro atoms. The van der Waals surface area contributed by atoms with Crippen LogP contribution in [-0.4, -0.2) is 48.2 Å². The number of carbonyl (C=O) groups is 1. The Morgan fingerprint density at radius 2 is 1.92 bits per heavy atom. The van der Waals surface area contributed by atoms with E-state index in [2.05, 4.69) is 16.3 Å². The van der Waals surface area contributed by atoms with Crippen LogP contribution in [0, 0.1) is 25.2 Å². The summed E-state index contributed by atoms with van der Waals surface area (Å²) in [5.74, 6) is 0.426. The molecule has 2 aromatic rings. The molecule has 3 rings (SSSR count). The molecule has 1 N–H and O–H groups in total. The van der Waals surface area contributed by atoms with Crippen molar-refractivity contribution in [2.75, 3.05) is 38.2 Å². The Hall–Kier alpha value is -2.62. The Morgan fingerprint density at radius 1 is 1.24 bits per heavy atom. The zero-order valence-corrected chi connectivity index (χ0v) is 14.6. The normalized spacial score (nSPS) is 14.9. The maximum absolute atomic E-state index is 12.5. The first-order valence-corrected chi connectivity index (χ1v) is 8.39. The van der Waals surface area contributed by atoms with E-state index in [0.29, 0.717) is 31.1 Å². The molecule has 6 heteroatoms. The van der Waals surface area contributed by atoms with Crippen LogP contribution >= 0.6 is 0 Å². The highest BCUT2D eigenvalue weighted by atomic mass is 16.5. The number of nitrogens with one attached hydrogen (secondary N) is 1. The van der Waals surface area contributed by atoms with Crippen molar-refractivity contribution in [3.63, 3.8) is 0 Å². The number of hydrogen-bond acceptors (Lipinski definition) is 4. The summed E-state index contributed by atoms with van der Waals surface area (Å²) in [5, 5.41) is 12.5. The summed E-state index contributed by atoms with van der Waals surface area (Å²) in [5.41, 5.74) is 3.26. The van der Waals surface area contributed by atoms with Gasteiger partial charge in [-0.2, -0.15) is 5.26 Å².